The molecule has 5 nitrogen and oxygen atoms in total. The summed E-state index contributed by atoms with van der Waals surface area (Å²) in [5, 5.41) is 18.9. The second kappa shape index (κ2) is 4.54. The van der Waals surface area contributed by atoms with Crippen molar-refractivity contribution in [2.24, 2.45) is 0 Å². The van der Waals surface area contributed by atoms with E-state index in [9.17, 15) is 14.9 Å². The zero-order chi connectivity index (χ0) is 11.4. The Bertz CT molecular complexity index is 400. The average molecular weight is 209 g/mol. The van der Waals surface area contributed by atoms with Gasteiger partial charge in [0.05, 0.1) is 5.56 Å². The fourth-order valence-corrected chi connectivity index (χ4v) is 1.29. The molecular formula is C10H11NO4. The van der Waals surface area contributed by atoms with Gasteiger partial charge in [-0.25, -0.2) is 4.79 Å². The van der Waals surface area contributed by atoms with Gasteiger partial charge in [0.1, 0.15) is 0 Å². The lowest BCUT2D eigenvalue weighted by Crippen LogP contribution is -2.06. The van der Waals surface area contributed by atoms with Crippen LogP contribution in [0, 0.1) is 17.0 Å². The third-order valence-corrected chi connectivity index (χ3v) is 2.16. The van der Waals surface area contributed by atoms with Crippen molar-refractivity contribution in [1.82, 2.24) is 0 Å². The standard InChI is InChI=1S/C10H11NO4/c1-7-2-3-9(10(12)13)6-8(7)4-5-11(14)15/h2-3,6H,4-5H2,1H3,(H,12,13). The smallest absolute Gasteiger partial charge is 0.335 e. The molecule has 1 aromatic carbocycles. The third-order valence-electron chi connectivity index (χ3n) is 2.16. The van der Waals surface area contributed by atoms with Crippen LogP contribution in [-0.4, -0.2) is 22.5 Å². The van der Waals surface area contributed by atoms with Crippen molar-refractivity contribution >= 4 is 5.97 Å². The Balaban J connectivity index is 2.90. The number of carboxylic acids is 1. The highest BCUT2D eigenvalue weighted by Gasteiger charge is 2.08. The van der Waals surface area contributed by atoms with Crippen LogP contribution in [0.4, 0.5) is 0 Å². The topological polar surface area (TPSA) is 80.4 Å². The van der Waals surface area contributed by atoms with Gasteiger partial charge in [0.2, 0.25) is 6.54 Å². The maximum absolute atomic E-state index is 10.7. The van der Waals surface area contributed by atoms with Crippen LogP contribution in [0.2, 0.25) is 0 Å². The Hall–Kier alpha value is -1.91. The molecule has 0 aromatic heterocycles. The number of aromatic carboxylic acids is 1. The molecule has 0 aliphatic rings. The van der Waals surface area contributed by atoms with Gasteiger partial charge in [-0.15, -0.1) is 0 Å². The highest BCUT2D eigenvalue weighted by molar-refractivity contribution is 5.87. The molecule has 1 N–H and O–H groups in total. The Kier molecular flexibility index (Phi) is 3.38. The molecule has 0 spiro atoms. The van der Waals surface area contributed by atoms with Crippen LogP contribution in [-0.2, 0) is 6.42 Å². The van der Waals surface area contributed by atoms with Gasteiger partial charge in [-0.05, 0) is 30.2 Å². The molecule has 15 heavy (non-hydrogen) atoms. The molecule has 1 rings (SSSR count). The van der Waals surface area contributed by atoms with Gasteiger partial charge in [-0.2, -0.15) is 0 Å². The summed E-state index contributed by atoms with van der Waals surface area (Å²) < 4.78 is 0. The predicted octanol–water partition coefficient (Wildman–Crippen LogP) is 1.51. The number of nitrogens with zero attached hydrogens (tertiary/aromatic N) is 1. The Labute approximate surface area is 86.5 Å². The summed E-state index contributed by atoms with van der Waals surface area (Å²) in [5.74, 6) is -1.02. The molecule has 0 heterocycles. The summed E-state index contributed by atoms with van der Waals surface area (Å²) in [4.78, 5) is 20.5. The van der Waals surface area contributed by atoms with E-state index < -0.39 is 10.9 Å². The molecule has 0 amide bonds. The van der Waals surface area contributed by atoms with Gasteiger partial charge in [0.25, 0.3) is 0 Å². The lowest BCUT2D eigenvalue weighted by molar-refractivity contribution is -0.479. The van der Waals surface area contributed by atoms with Crippen molar-refractivity contribution < 1.29 is 14.8 Å². The minimum atomic E-state index is -1.02. The van der Waals surface area contributed by atoms with Crippen LogP contribution in [0.5, 0.6) is 0 Å². The molecule has 0 bridgehead atoms. The summed E-state index contributed by atoms with van der Waals surface area (Å²) in [6, 6.07) is 4.65. The molecule has 0 fully saturated rings. The van der Waals surface area contributed by atoms with Gasteiger partial charge >= 0.3 is 5.97 Å². The SMILES string of the molecule is Cc1ccc(C(=O)O)cc1CC[N+](=O)[O-]. The Morgan fingerprint density at radius 2 is 2.20 bits per heavy atom. The lowest BCUT2D eigenvalue weighted by Gasteiger charge is -2.04. The van der Waals surface area contributed by atoms with E-state index in [0.29, 0.717) is 5.56 Å². The van der Waals surface area contributed by atoms with Crippen LogP contribution in [0.1, 0.15) is 21.5 Å². The van der Waals surface area contributed by atoms with Crippen molar-refractivity contribution in [3.63, 3.8) is 0 Å². The Morgan fingerprint density at radius 1 is 1.53 bits per heavy atom. The number of nitro groups is 1. The number of carbonyl (C=O) groups is 1. The van der Waals surface area contributed by atoms with E-state index >= 15 is 0 Å². The lowest BCUT2D eigenvalue weighted by atomic mass is 10.0. The summed E-state index contributed by atoms with van der Waals surface area (Å²) in [7, 11) is 0. The highest BCUT2D eigenvalue weighted by atomic mass is 16.6. The van der Waals surface area contributed by atoms with E-state index in [2.05, 4.69) is 0 Å². The zero-order valence-corrected chi connectivity index (χ0v) is 8.27. The maximum atomic E-state index is 10.7. The number of aryl methyl sites for hydroxylation is 1. The average Bonchev–Trinajstić information content (AvgIpc) is 2.16. The van der Waals surface area contributed by atoms with Crippen molar-refractivity contribution in [3.05, 3.63) is 45.0 Å². The second-order valence-corrected chi connectivity index (χ2v) is 3.25. The maximum Gasteiger partial charge on any atom is 0.335 e. The molecule has 0 unspecified atom stereocenters. The molecular weight excluding hydrogens is 198 g/mol. The van der Waals surface area contributed by atoms with E-state index in [-0.39, 0.29) is 18.5 Å². The number of hydrogen-bond acceptors (Lipinski definition) is 3. The molecule has 0 radical (unpaired) electrons. The largest absolute Gasteiger partial charge is 0.478 e. The molecule has 0 aliphatic carbocycles. The molecule has 1 aromatic rings. The number of hydrogen-bond donors (Lipinski definition) is 1. The second-order valence-electron chi connectivity index (χ2n) is 3.25. The molecule has 80 valence electrons. The van der Waals surface area contributed by atoms with Crippen LogP contribution < -0.4 is 0 Å². The van der Waals surface area contributed by atoms with E-state index in [1.165, 1.54) is 12.1 Å². The van der Waals surface area contributed by atoms with Crippen LogP contribution in [0.3, 0.4) is 0 Å². The first-order chi connectivity index (χ1) is 7.00. The van der Waals surface area contributed by atoms with E-state index in [1.807, 2.05) is 0 Å². The minimum Gasteiger partial charge on any atom is -0.478 e. The first kappa shape index (κ1) is 11.2. The Morgan fingerprint density at radius 3 is 2.73 bits per heavy atom. The monoisotopic (exact) mass is 209 g/mol. The minimum absolute atomic E-state index is 0.166. The van der Waals surface area contributed by atoms with Crippen LogP contribution in [0.25, 0.3) is 0 Å². The van der Waals surface area contributed by atoms with Gasteiger partial charge in [-0.3, -0.25) is 10.1 Å². The zero-order valence-electron chi connectivity index (χ0n) is 8.27. The number of benzene rings is 1. The quantitative estimate of drug-likeness (QED) is 0.602. The molecule has 0 saturated carbocycles. The summed E-state index contributed by atoms with van der Waals surface area (Å²) in [6.07, 6.45) is 0.264. The molecule has 0 saturated heterocycles. The van der Waals surface area contributed by atoms with E-state index in [1.54, 1.807) is 13.0 Å². The van der Waals surface area contributed by atoms with Gasteiger partial charge in [0.15, 0.2) is 0 Å². The summed E-state index contributed by atoms with van der Waals surface area (Å²) in [5.41, 5.74) is 1.76. The molecule has 5 heteroatoms. The summed E-state index contributed by atoms with van der Waals surface area (Å²) >= 11 is 0. The first-order valence-corrected chi connectivity index (χ1v) is 4.45. The van der Waals surface area contributed by atoms with Gasteiger partial charge in [0, 0.05) is 11.3 Å². The molecule has 0 aliphatic heterocycles. The van der Waals surface area contributed by atoms with Crippen molar-refractivity contribution in [2.45, 2.75) is 13.3 Å². The molecule has 0 atom stereocenters. The van der Waals surface area contributed by atoms with E-state index in [4.69, 9.17) is 5.11 Å². The predicted molar refractivity (Wildman–Crippen MR) is 53.7 cm³/mol. The van der Waals surface area contributed by atoms with Crippen LogP contribution in [0.15, 0.2) is 18.2 Å². The fraction of sp³-hybridized carbons (Fsp3) is 0.300. The van der Waals surface area contributed by atoms with Crippen molar-refractivity contribution in [3.8, 4) is 0 Å². The third kappa shape index (κ3) is 3.05. The highest BCUT2D eigenvalue weighted by Crippen LogP contribution is 2.12. The fourth-order valence-electron chi connectivity index (χ4n) is 1.29. The van der Waals surface area contributed by atoms with Crippen LogP contribution >= 0.6 is 0 Å². The first-order valence-electron chi connectivity index (χ1n) is 4.45. The normalized spacial score (nSPS) is 9.93. The van der Waals surface area contributed by atoms with Gasteiger partial charge < -0.3 is 5.11 Å². The van der Waals surface area contributed by atoms with Crippen molar-refractivity contribution in [1.29, 1.82) is 0 Å². The van der Waals surface area contributed by atoms with Gasteiger partial charge in [-0.1, -0.05) is 6.07 Å². The van der Waals surface area contributed by atoms with E-state index in [0.717, 1.165) is 5.56 Å². The number of carboxylic acid groups (broad SMARTS) is 1. The number of rotatable bonds is 4. The summed E-state index contributed by atoms with van der Waals surface area (Å²) in [6.45, 7) is 1.63. The van der Waals surface area contributed by atoms with Crippen molar-refractivity contribution in [2.75, 3.05) is 6.54 Å².